The Kier molecular flexibility index (Phi) is 6.69. The Balaban J connectivity index is 1.86. The predicted octanol–water partition coefficient (Wildman–Crippen LogP) is 6.73. The molecule has 2 rings (SSSR count). The average Bonchev–Trinajstić information content (AvgIpc) is 2.58. The maximum Gasteiger partial charge on any atom is 0.453 e. The number of hydrogen-bond acceptors (Lipinski definition) is 1. The van der Waals surface area contributed by atoms with Gasteiger partial charge in [-0.2, -0.15) is 22.0 Å². The summed E-state index contributed by atoms with van der Waals surface area (Å²) in [4.78, 5) is 0. The second kappa shape index (κ2) is 8.37. The minimum Gasteiger partial charge on any atom is -0.494 e. The van der Waals surface area contributed by atoms with Crippen molar-refractivity contribution >= 4 is 0 Å². The third kappa shape index (κ3) is 5.08. The fourth-order valence-corrected chi connectivity index (χ4v) is 3.40. The predicted molar refractivity (Wildman–Crippen MR) is 87.2 cm³/mol. The van der Waals surface area contributed by atoms with Crippen molar-refractivity contribution in [3.63, 3.8) is 0 Å². The lowest BCUT2D eigenvalue weighted by Gasteiger charge is -2.34. The van der Waals surface area contributed by atoms with E-state index in [-0.39, 0.29) is 18.8 Å². The largest absolute Gasteiger partial charge is 0.494 e. The standard InChI is InChI=1S/C19H25F5O/c1-2-3-4-13-25-17-11-7-15(8-12-17)14-5-9-16(10-6-14)18(20,21)19(22,23)24/h7-8,11-12,14,16H,2-6,9-10,13H2,1H3. The molecule has 0 spiro atoms. The minimum atomic E-state index is -5.46. The van der Waals surface area contributed by atoms with Crippen LogP contribution in [0.25, 0.3) is 0 Å². The molecule has 0 aromatic heterocycles. The summed E-state index contributed by atoms with van der Waals surface area (Å²) in [5.41, 5.74) is 0.981. The number of halogens is 5. The van der Waals surface area contributed by atoms with Gasteiger partial charge in [0.25, 0.3) is 0 Å². The Hall–Kier alpha value is -1.33. The van der Waals surface area contributed by atoms with Crippen LogP contribution in [0.3, 0.4) is 0 Å². The van der Waals surface area contributed by atoms with Crippen molar-refractivity contribution in [1.29, 1.82) is 0 Å². The van der Waals surface area contributed by atoms with E-state index < -0.39 is 18.0 Å². The highest BCUT2D eigenvalue weighted by molar-refractivity contribution is 5.29. The van der Waals surface area contributed by atoms with Gasteiger partial charge in [0.2, 0.25) is 0 Å². The molecule has 0 aliphatic heterocycles. The highest BCUT2D eigenvalue weighted by Crippen LogP contribution is 2.49. The molecule has 0 amide bonds. The van der Waals surface area contributed by atoms with Gasteiger partial charge in [-0.3, -0.25) is 0 Å². The zero-order valence-electron chi connectivity index (χ0n) is 14.4. The summed E-state index contributed by atoms with van der Waals surface area (Å²) < 4.78 is 69.9. The molecule has 0 atom stereocenters. The van der Waals surface area contributed by atoms with Crippen LogP contribution in [0.2, 0.25) is 0 Å². The van der Waals surface area contributed by atoms with Crippen LogP contribution in [0.15, 0.2) is 24.3 Å². The lowest BCUT2D eigenvalue weighted by atomic mass is 9.76. The highest BCUT2D eigenvalue weighted by Gasteiger charge is 2.62. The molecular weight excluding hydrogens is 339 g/mol. The molecule has 1 saturated carbocycles. The molecule has 1 aromatic rings. The second-order valence-corrected chi connectivity index (χ2v) is 6.79. The van der Waals surface area contributed by atoms with E-state index in [1.807, 2.05) is 24.3 Å². The fraction of sp³-hybridized carbons (Fsp3) is 0.684. The van der Waals surface area contributed by atoms with E-state index in [1.165, 1.54) is 0 Å². The first-order valence-corrected chi connectivity index (χ1v) is 8.93. The van der Waals surface area contributed by atoms with E-state index in [2.05, 4.69) is 6.92 Å². The van der Waals surface area contributed by atoms with Gasteiger partial charge in [-0.15, -0.1) is 0 Å². The molecule has 0 unspecified atom stereocenters. The Morgan fingerprint density at radius 3 is 2.04 bits per heavy atom. The van der Waals surface area contributed by atoms with Crippen LogP contribution < -0.4 is 4.74 Å². The topological polar surface area (TPSA) is 9.23 Å². The Morgan fingerprint density at radius 1 is 0.920 bits per heavy atom. The van der Waals surface area contributed by atoms with Gasteiger partial charge in [-0.25, -0.2) is 0 Å². The van der Waals surface area contributed by atoms with Crippen LogP contribution in [-0.2, 0) is 0 Å². The molecule has 25 heavy (non-hydrogen) atoms. The van der Waals surface area contributed by atoms with Gasteiger partial charge >= 0.3 is 12.1 Å². The number of ether oxygens (including phenoxy) is 1. The lowest BCUT2D eigenvalue weighted by Crippen LogP contribution is -2.44. The van der Waals surface area contributed by atoms with Crippen molar-refractivity contribution in [1.82, 2.24) is 0 Å². The highest BCUT2D eigenvalue weighted by atomic mass is 19.4. The quantitative estimate of drug-likeness (QED) is 0.385. The van der Waals surface area contributed by atoms with E-state index in [4.69, 9.17) is 4.74 Å². The van der Waals surface area contributed by atoms with Crippen LogP contribution in [-0.4, -0.2) is 18.7 Å². The average molecular weight is 364 g/mol. The lowest BCUT2D eigenvalue weighted by molar-refractivity contribution is -0.305. The normalized spacial score (nSPS) is 22.0. The Bertz CT molecular complexity index is 516. The molecule has 0 saturated heterocycles. The molecular formula is C19H25F5O. The zero-order chi connectivity index (χ0) is 18.5. The Labute approximate surface area is 145 Å². The molecule has 142 valence electrons. The first-order chi connectivity index (χ1) is 11.8. The number of alkyl halides is 5. The van der Waals surface area contributed by atoms with Gasteiger partial charge in [0.1, 0.15) is 5.75 Å². The van der Waals surface area contributed by atoms with Crippen molar-refractivity contribution in [2.75, 3.05) is 6.61 Å². The number of unbranched alkanes of at least 4 members (excludes halogenated alkanes) is 2. The molecule has 1 aliphatic carbocycles. The van der Waals surface area contributed by atoms with E-state index in [0.717, 1.165) is 30.6 Å². The molecule has 0 bridgehead atoms. The molecule has 0 N–H and O–H groups in total. The van der Waals surface area contributed by atoms with Gasteiger partial charge in [-0.1, -0.05) is 31.9 Å². The summed E-state index contributed by atoms with van der Waals surface area (Å²) in [5, 5.41) is 0. The maximum atomic E-state index is 13.4. The number of rotatable bonds is 7. The van der Waals surface area contributed by atoms with Crippen molar-refractivity contribution in [2.24, 2.45) is 5.92 Å². The SMILES string of the molecule is CCCCCOc1ccc(C2CCC(C(F)(F)C(F)(F)F)CC2)cc1. The number of benzene rings is 1. The van der Waals surface area contributed by atoms with E-state index >= 15 is 0 Å². The van der Waals surface area contributed by atoms with E-state index in [0.29, 0.717) is 19.4 Å². The number of hydrogen-bond donors (Lipinski definition) is 0. The van der Waals surface area contributed by atoms with Crippen LogP contribution in [0.4, 0.5) is 22.0 Å². The monoisotopic (exact) mass is 364 g/mol. The molecule has 1 aliphatic rings. The van der Waals surface area contributed by atoms with Crippen LogP contribution in [0, 0.1) is 5.92 Å². The minimum absolute atomic E-state index is 0.0365. The summed E-state index contributed by atoms with van der Waals surface area (Å²) in [5.74, 6) is -5.40. The molecule has 6 heteroatoms. The molecule has 1 fully saturated rings. The summed E-state index contributed by atoms with van der Waals surface area (Å²) in [6.07, 6.45) is -1.72. The smallest absolute Gasteiger partial charge is 0.453 e. The van der Waals surface area contributed by atoms with Gasteiger partial charge < -0.3 is 4.74 Å². The summed E-state index contributed by atoms with van der Waals surface area (Å²) in [6.45, 7) is 2.78. The maximum absolute atomic E-state index is 13.4. The zero-order valence-corrected chi connectivity index (χ0v) is 14.4. The van der Waals surface area contributed by atoms with Crippen molar-refractivity contribution in [3.8, 4) is 5.75 Å². The summed E-state index contributed by atoms with van der Waals surface area (Å²) in [7, 11) is 0. The van der Waals surface area contributed by atoms with Crippen LogP contribution in [0.5, 0.6) is 5.75 Å². The third-order valence-corrected chi connectivity index (χ3v) is 4.99. The fourth-order valence-electron chi connectivity index (χ4n) is 3.40. The summed E-state index contributed by atoms with van der Waals surface area (Å²) >= 11 is 0. The van der Waals surface area contributed by atoms with E-state index in [1.54, 1.807) is 0 Å². The first-order valence-electron chi connectivity index (χ1n) is 8.93. The van der Waals surface area contributed by atoms with Crippen molar-refractivity contribution in [3.05, 3.63) is 29.8 Å². The molecule has 1 aromatic carbocycles. The van der Waals surface area contributed by atoms with Gasteiger partial charge in [0, 0.05) is 5.92 Å². The van der Waals surface area contributed by atoms with Crippen LogP contribution >= 0.6 is 0 Å². The molecule has 1 nitrogen and oxygen atoms in total. The summed E-state index contributed by atoms with van der Waals surface area (Å²) in [6, 6.07) is 7.47. The van der Waals surface area contributed by atoms with Crippen molar-refractivity contribution in [2.45, 2.75) is 69.9 Å². The Morgan fingerprint density at radius 2 is 1.52 bits per heavy atom. The van der Waals surface area contributed by atoms with Gasteiger partial charge in [0.05, 0.1) is 6.61 Å². The van der Waals surface area contributed by atoms with Gasteiger partial charge in [0.15, 0.2) is 0 Å². The van der Waals surface area contributed by atoms with Gasteiger partial charge in [-0.05, 0) is 55.7 Å². The second-order valence-electron chi connectivity index (χ2n) is 6.79. The molecule has 0 heterocycles. The third-order valence-electron chi connectivity index (χ3n) is 4.99. The first kappa shape index (κ1) is 20.0. The molecule has 0 radical (unpaired) electrons. The van der Waals surface area contributed by atoms with Crippen LogP contribution in [0.1, 0.15) is 63.4 Å². The van der Waals surface area contributed by atoms with Crippen molar-refractivity contribution < 1.29 is 26.7 Å². The van der Waals surface area contributed by atoms with E-state index in [9.17, 15) is 22.0 Å².